The van der Waals surface area contributed by atoms with Crippen LogP contribution in [-0.4, -0.2) is 93.8 Å². The highest BCUT2D eigenvalue weighted by molar-refractivity contribution is 5.88. The lowest BCUT2D eigenvalue weighted by Gasteiger charge is -2.20. The van der Waals surface area contributed by atoms with Crippen molar-refractivity contribution in [3.63, 3.8) is 0 Å². The number of carbonyl (C=O) groups excluding carboxylic acids is 1. The van der Waals surface area contributed by atoms with Crippen molar-refractivity contribution in [3.8, 4) is 0 Å². The van der Waals surface area contributed by atoms with Gasteiger partial charge in [-0.15, -0.1) is 0 Å². The number of hydrogen-bond donors (Lipinski definition) is 4. The number of rotatable bonds is 16. The third-order valence-electron chi connectivity index (χ3n) is 4.98. The summed E-state index contributed by atoms with van der Waals surface area (Å²) in [5, 5.41) is 33.8. The first kappa shape index (κ1) is 32.0. The summed E-state index contributed by atoms with van der Waals surface area (Å²) in [6, 6.07) is 9.66. The number of ether oxygens (including phenoxy) is 2. The summed E-state index contributed by atoms with van der Waals surface area (Å²) in [6.07, 6.45) is -1.36. The zero-order chi connectivity index (χ0) is 26.9. The van der Waals surface area contributed by atoms with Crippen molar-refractivity contribution < 1.29 is 49.1 Å². The highest BCUT2D eigenvalue weighted by Gasteiger charge is 2.40. The van der Waals surface area contributed by atoms with Crippen LogP contribution in [0.4, 0.5) is 0 Å². The molecule has 0 aromatic heterocycles. The fraction of sp³-hybridized carbons (Fsp3) is 0.583. The molecular formula is C24H37NO10. The number of likely N-dealkylation sites (N-methyl/N-ethyl adjacent to an activating group) is 1. The first-order chi connectivity index (χ1) is 16.5. The van der Waals surface area contributed by atoms with Crippen molar-refractivity contribution >= 4 is 23.9 Å². The molecule has 11 nitrogen and oxygen atoms in total. The smallest absolute Gasteiger partial charge is 0.336 e. The average molecular weight is 500 g/mol. The van der Waals surface area contributed by atoms with Crippen LogP contribution in [0.1, 0.15) is 45.6 Å². The van der Waals surface area contributed by atoms with Gasteiger partial charge in [0.25, 0.3) is 0 Å². The molecule has 0 bridgehead atoms. The van der Waals surface area contributed by atoms with Gasteiger partial charge in [-0.25, -0.2) is 4.79 Å². The van der Waals surface area contributed by atoms with Gasteiger partial charge in [-0.3, -0.25) is 14.4 Å². The van der Waals surface area contributed by atoms with Crippen LogP contribution in [0.5, 0.6) is 0 Å². The molecule has 0 aliphatic rings. The molecule has 0 saturated carbocycles. The summed E-state index contributed by atoms with van der Waals surface area (Å²) in [7, 11) is 0. The Morgan fingerprint density at radius 1 is 0.943 bits per heavy atom. The number of benzene rings is 1. The van der Waals surface area contributed by atoms with E-state index >= 15 is 0 Å². The number of nitrogens with zero attached hydrogens (tertiary/aromatic N) is 1. The number of hydrogen-bond acceptors (Lipinski definition) is 8. The van der Waals surface area contributed by atoms with Crippen LogP contribution in [0.2, 0.25) is 0 Å². The number of aliphatic carboxylic acids is 3. The Bertz CT molecular complexity index is 764. The topological polar surface area (TPSA) is 171 Å². The standard InChI is InChI=1S/C18H29NO3.C6H8O7/c1-4-17(15-21-13-12-19(5-2)6-3)22-18(20)14-16-10-8-7-9-11-16;7-3(8)1-6(13,5(11)12)2-4(9)10/h7-11,17H,4-6,12-15H2,1-3H3;13H,1-2H2,(H,7,8)(H,9,10)(H,11,12). The highest BCUT2D eigenvalue weighted by Crippen LogP contribution is 2.15. The molecule has 198 valence electrons. The quantitative estimate of drug-likeness (QED) is 0.193. The molecule has 0 aliphatic heterocycles. The minimum atomic E-state index is -2.74. The lowest BCUT2D eigenvalue weighted by Crippen LogP contribution is -2.42. The molecule has 0 fully saturated rings. The van der Waals surface area contributed by atoms with Crippen molar-refractivity contribution in [1.82, 2.24) is 4.90 Å². The third-order valence-corrected chi connectivity index (χ3v) is 4.98. The van der Waals surface area contributed by atoms with E-state index in [0.29, 0.717) is 19.6 Å². The lowest BCUT2D eigenvalue weighted by atomic mass is 9.96. The normalized spacial score (nSPS) is 11.8. The van der Waals surface area contributed by atoms with Gasteiger partial charge in [-0.2, -0.15) is 0 Å². The Morgan fingerprint density at radius 2 is 1.49 bits per heavy atom. The lowest BCUT2D eigenvalue weighted by molar-refractivity contribution is -0.170. The fourth-order valence-electron chi connectivity index (χ4n) is 2.89. The number of carboxylic acid groups (broad SMARTS) is 3. The minimum Gasteiger partial charge on any atom is -0.481 e. The molecule has 0 amide bonds. The average Bonchev–Trinajstić information content (AvgIpc) is 2.78. The van der Waals surface area contributed by atoms with Gasteiger partial charge in [0.05, 0.1) is 32.5 Å². The van der Waals surface area contributed by atoms with Gasteiger partial charge in [-0.05, 0) is 25.1 Å². The van der Waals surface area contributed by atoms with Gasteiger partial charge in [-0.1, -0.05) is 51.1 Å². The summed E-state index contributed by atoms with van der Waals surface area (Å²) < 4.78 is 11.1. The first-order valence-corrected chi connectivity index (χ1v) is 11.4. The predicted molar refractivity (Wildman–Crippen MR) is 126 cm³/mol. The molecule has 1 aromatic rings. The minimum absolute atomic E-state index is 0.159. The zero-order valence-corrected chi connectivity index (χ0v) is 20.5. The van der Waals surface area contributed by atoms with E-state index in [1.165, 1.54) is 0 Å². The Labute approximate surface area is 205 Å². The Kier molecular flexibility index (Phi) is 15.9. The summed E-state index contributed by atoms with van der Waals surface area (Å²) in [5.74, 6) is -5.21. The van der Waals surface area contributed by atoms with Crippen LogP contribution in [0, 0.1) is 0 Å². The first-order valence-electron chi connectivity index (χ1n) is 11.4. The van der Waals surface area contributed by atoms with E-state index in [9.17, 15) is 19.2 Å². The number of aliphatic hydroxyl groups is 1. The van der Waals surface area contributed by atoms with Gasteiger partial charge in [0.2, 0.25) is 0 Å². The zero-order valence-electron chi connectivity index (χ0n) is 20.5. The number of esters is 1. The van der Waals surface area contributed by atoms with Crippen LogP contribution in [0.3, 0.4) is 0 Å². The maximum absolute atomic E-state index is 11.9. The molecule has 4 N–H and O–H groups in total. The van der Waals surface area contributed by atoms with Crippen LogP contribution < -0.4 is 0 Å². The van der Waals surface area contributed by atoms with Crippen LogP contribution in [0.15, 0.2) is 30.3 Å². The predicted octanol–water partition coefficient (Wildman–Crippen LogP) is 1.66. The van der Waals surface area contributed by atoms with E-state index in [-0.39, 0.29) is 12.1 Å². The second kappa shape index (κ2) is 17.4. The SMILES string of the molecule is CCC(COCCN(CC)CC)OC(=O)Cc1ccccc1.O=C(O)CC(O)(CC(=O)O)C(=O)O. The molecule has 0 radical (unpaired) electrons. The van der Waals surface area contributed by atoms with Gasteiger partial charge in [0, 0.05) is 6.54 Å². The molecule has 0 heterocycles. The van der Waals surface area contributed by atoms with Gasteiger partial charge in [0.1, 0.15) is 6.10 Å². The monoisotopic (exact) mass is 499 g/mol. The van der Waals surface area contributed by atoms with E-state index in [0.717, 1.165) is 31.6 Å². The van der Waals surface area contributed by atoms with Gasteiger partial charge in [0.15, 0.2) is 5.60 Å². The Balaban J connectivity index is 0.000000761. The van der Waals surface area contributed by atoms with Crippen molar-refractivity contribution in [3.05, 3.63) is 35.9 Å². The third kappa shape index (κ3) is 14.8. The van der Waals surface area contributed by atoms with Crippen LogP contribution in [0.25, 0.3) is 0 Å². The molecule has 0 saturated heterocycles. The second-order valence-corrected chi connectivity index (χ2v) is 7.76. The van der Waals surface area contributed by atoms with Crippen molar-refractivity contribution in [2.24, 2.45) is 0 Å². The number of carboxylic acids is 3. The van der Waals surface area contributed by atoms with E-state index in [1.807, 2.05) is 37.3 Å². The molecular weight excluding hydrogens is 462 g/mol. The van der Waals surface area contributed by atoms with E-state index < -0.39 is 36.4 Å². The molecule has 0 aliphatic carbocycles. The molecule has 11 heteroatoms. The van der Waals surface area contributed by atoms with Crippen molar-refractivity contribution in [2.75, 3.05) is 32.8 Å². The van der Waals surface area contributed by atoms with Gasteiger partial charge < -0.3 is 34.8 Å². The molecule has 1 unspecified atom stereocenters. The van der Waals surface area contributed by atoms with E-state index in [1.54, 1.807) is 0 Å². The molecule has 1 atom stereocenters. The maximum Gasteiger partial charge on any atom is 0.336 e. The van der Waals surface area contributed by atoms with E-state index in [4.69, 9.17) is 29.9 Å². The van der Waals surface area contributed by atoms with Gasteiger partial charge >= 0.3 is 23.9 Å². The van der Waals surface area contributed by atoms with Crippen LogP contribution in [-0.2, 0) is 35.1 Å². The summed E-state index contributed by atoms with van der Waals surface area (Å²) in [5.41, 5.74) is -1.76. The maximum atomic E-state index is 11.9. The summed E-state index contributed by atoms with van der Waals surface area (Å²) in [4.78, 5) is 44.7. The Hall–Kier alpha value is -3.02. The molecule has 35 heavy (non-hydrogen) atoms. The molecule has 1 rings (SSSR count). The van der Waals surface area contributed by atoms with Crippen LogP contribution >= 0.6 is 0 Å². The summed E-state index contributed by atoms with van der Waals surface area (Å²) >= 11 is 0. The summed E-state index contributed by atoms with van der Waals surface area (Å²) in [6.45, 7) is 10.4. The van der Waals surface area contributed by atoms with E-state index in [2.05, 4.69) is 18.7 Å². The number of carbonyl (C=O) groups is 4. The fourth-order valence-corrected chi connectivity index (χ4v) is 2.89. The highest BCUT2D eigenvalue weighted by atomic mass is 16.6. The molecule has 1 aromatic carbocycles. The molecule has 0 spiro atoms. The Morgan fingerprint density at radius 3 is 1.91 bits per heavy atom. The van der Waals surface area contributed by atoms with Crippen molar-refractivity contribution in [1.29, 1.82) is 0 Å². The van der Waals surface area contributed by atoms with Crippen molar-refractivity contribution in [2.45, 2.75) is 58.2 Å². The largest absolute Gasteiger partial charge is 0.481 e. The second-order valence-electron chi connectivity index (χ2n) is 7.76.